The summed E-state index contributed by atoms with van der Waals surface area (Å²) >= 11 is 0. The Bertz CT molecular complexity index is 420. The topological polar surface area (TPSA) is 40.5 Å². The lowest BCUT2D eigenvalue weighted by Gasteiger charge is -2.25. The number of aliphatic hydroxyl groups is 1. The normalized spacial score (nSPS) is 13.1. The molecule has 1 rings (SSSR count). The number of nitrogens with zero attached hydrogens (tertiary/aromatic N) is 1. The maximum atomic E-state index is 13.1. The highest BCUT2D eigenvalue weighted by molar-refractivity contribution is 5.77. The predicted molar refractivity (Wildman–Crippen MR) is 69.2 cm³/mol. The van der Waals surface area contributed by atoms with E-state index in [1.54, 1.807) is 13.0 Å². The van der Waals surface area contributed by atoms with Gasteiger partial charge in [-0.05, 0) is 12.5 Å². The van der Waals surface area contributed by atoms with Crippen molar-refractivity contribution in [3.63, 3.8) is 0 Å². The first kappa shape index (κ1) is 16.5. The molecule has 6 heteroatoms. The Morgan fingerprint density at radius 1 is 1.30 bits per heavy atom. The van der Waals surface area contributed by atoms with Crippen molar-refractivity contribution >= 4 is 5.91 Å². The van der Waals surface area contributed by atoms with Gasteiger partial charge >= 0.3 is 6.18 Å². The molecule has 20 heavy (non-hydrogen) atoms. The summed E-state index contributed by atoms with van der Waals surface area (Å²) in [6, 6.07) is 7.40. The van der Waals surface area contributed by atoms with Crippen LogP contribution in [0.25, 0.3) is 0 Å². The third-order valence-electron chi connectivity index (χ3n) is 3.08. The molecule has 1 unspecified atom stereocenters. The van der Waals surface area contributed by atoms with Gasteiger partial charge in [0, 0.05) is 19.5 Å². The molecule has 0 aliphatic heterocycles. The van der Waals surface area contributed by atoms with E-state index in [0.29, 0.717) is 0 Å². The van der Waals surface area contributed by atoms with Gasteiger partial charge in [-0.25, -0.2) is 0 Å². The summed E-state index contributed by atoms with van der Waals surface area (Å²) in [7, 11) is 0. The fourth-order valence-corrected chi connectivity index (χ4v) is 1.99. The Balaban J connectivity index is 2.89. The number of likely N-dealkylation sites (N-methyl/N-ethyl adjacent to an activating group) is 1. The maximum Gasteiger partial charge on any atom is 0.396 e. The second-order valence-corrected chi connectivity index (χ2v) is 4.41. The van der Waals surface area contributed by atoms with Crippen LogP contribution in [0.3, 0.4) is 0 Å². The fourth-order valence-electron chi connectivity index (χ4n) is 1.99. The average Bonchev–Trinajstić information content (AvgIpc) is 2.41. The molecule has 1 aromatic carbocycles. The maximum absolute atomic E-state index is 13.1. The second kappa shape index (κ2) is 7.28. The lowest BCUT2D eigenvalue weighted by Crippen LogP contribution is -2.36. The Morgan fingerprint density at radius 2 is 1.90 bits per heavy atom. The summed E-state index contributed by atoms with van der Waals surface area (Å²) < 4.78 is 39.3. The van der Waals surface area contributed by atoms with E-state index in [9.17, 15) is 18.0 Å². The van der Waals surface area contributed by atoms with E-state index in [1.807, 2.05) is 0 Å². The molecule has 3 nitrogen and oxygen atoms in total. The van der Waals surface area contributed by atoms with Crippen LogP contribution in [0.2, 0.25) is 0 Å². The van der Waals surface area contributed by atoms with Crippen LogP contribution in [0.4, 0.5) is 13.2 Å². The van der Waals surface area contributed by atoms with Crippen LogP contribution in [0.5, 0.6) is 0 Å². The Labute approximate surface area is 116 Å². The number of benzene rings is 1. The Morgan fingerprint density at radius 3 is 2.35 bits per heavy atom. The standard InChI is InChI=1S/C14H18F3NO2/c1-2-18(8-9-19)13(20)10-12(14(15,16)17)11-6-4-3-5-7-11/h3-7,12,19H,2,8-10H2,1H3. The third-order valence-corrected chi connectivity index (χ3v) is 3.08. The molecule has 0 saturated heterocycles. The largest absolute Gasteiger partial charge is 0.396 e. The highest BCUT2D eigenvalue weighted by Crippen LogP contribution is 2.37. The minimum absolute atomic E-state index is 0.0503. The molecule has 1 N–H and O–H groups in total. The molecule has 1 aromatic rings. The molecule has 0 heterocycles. The molecule has 0 radical (unpaired) electrons. The number of halogens is 3. The van der Waals surface area contributed by atoms with E-state index in [4.69, 9.17) is 5.11 Å². The molecule has 1 atom stereocenters. The van der Waals surface area contributed by atoms with E-state index in [1.165, 1.54) is 29.2 Å². The first-order chi connectivity index (χ1) is 9.40. The number of hydrogen-bond donors (Lipinski definition) is 1. The van der Waals surface area contributed by atoms with Gasteiger partial charge in [0.1, 0.15) is 0 Å². The van der Waals surface area contributed by atoms with E-state index >= 15 is 0 Å². The van der Waals surface area contributed by atoms with Crippen molar-refractivity contribution in [2.45, 2.75) is 25.4 Å². The van der Waals surface area contributed by atoms with Gasteiger partial charge in [0.2, 0.25) is 5.91 Å². The molecule has 0 bridgehead atoms. The van der Waals surface area contributed by atoms with Crippen LogP contribution >= 0.6 is 0 Å². The van der Waals surface area contributed by atoms with Crippen molar-refractivity contribution in [1.29, 1.82) is 0 Å². The van der Waals surface area contributed by atoms with Gasteiger partial charge in [-0.3, -0.25) is 4.79 Å². The number of alkyl halides is 3. The van der Waals surface area contributed by atoms with Crippen LogP contribution in [0, 0.1) is 0 Å². The highest BCUT2D eigenvalue weighted by atomic mass is 19.4. The zero-order chi connectivity index (χ0) is 15.2. The monoisotopic (exact) mass is 289 g/mol. The van der Waals surface area contributed by atoms with Crippen LogP contribution in [-0.2, 0) is 4.79 Å². The molecular weight excluding hydrogens is 271 g/mol. The lowest BCUT2D eigenvalue weighted by atomic mass is 9.94. The smallest absolute Gasteiger partial charge is 0.395 e. The molecular formula is C14H18F3NO2. The SMILES string of the molecule is CCN(CCO)C(=O)CC(c1ccccc1)C(F)(F)F. The molecule has 0 aliphatic rings. The van der Waals surface area contributed by atoms with Crippen molar-refractivity contribution in [2.24, 2.45) is 0 Å². The molecule has 0 fully saturated rings. The van der Waals surface area contributed by atoms with Crippen LogP contribution < -0.4 is 0 Å². The quantitative estimate of drug-likeness (QED) is 0.874. The number of aliphatic hydroxyl groups excluding tert-OH is 1. The summed E-state index contributed by atoms with van der Waals surface area (Å²) in [6.45, 7) is 1.73. The minimum atomic E-state index is -4.48. The second-order valence-electron chi connectivity index (χ2n) is 4.41. The Hall–Kier alpha value is -1.56. The van der Waals surface area contributed by atoms with Gasteiger partial charge in [0.25, 0.3) is 0 Å². The van der Waals surface area contributed by atoms with Gasteiger partial charge in [-0.2, -0.15) is 13.2 Å². The highest BCUT2D eigenvalue weighted by Gasteiger charge is 2.42. The number of rotatable bonds is 6. The van der Waals surface area contributed by atoms with Crippen molar-refractivity contribution in [1.82, 2.24) is 4.90 Å². The van der Waals surface area contributed by atoms with E-state index < -0.39 is 24.4 Å². The number of amides is 1. The third kappa shape index (κ3) is 4.52. The van der Waals surface area contributed by atoms with Crippen molar-refractivity contribution < 1.29 is 23.1 Å². The number of hydrogen-bond acceptors (Lipinski definition) is 2. The van der Waals surface area contributed by atoms with Gasteiger partial charge in [0.05, 0.1) is 12.5 Å². The zero-order valence-corrected chi connectivity index (χ0v) is 11.2. The molecule has 0 saturated carbocycles. The van der Waals surface area contributed by atoms with Crippen LogP contribution in [-0.4, -0.2) is 41.8 Å². The zero-order valence-electron chi connectivity index (χ0n) is 11.2. The molecule has 112 valence electrons. The Kier molecular flexibility index (Phi) is 6.01. The van der Waals surface area contributed by atoms with Gasteiger partial charge in [-0.1, -0.05) is 30.3 Å². The number of carbonyl (C=O) groups excluding carboxylic acids is 1. The summed E-state index contributed by atoms with van der Waals surface area (Å²) in [5.41, 5.74) is 0.0772. The van der Waals surface area contributed by atoms with Crippen molar-refractivity contribution in [2.75, 3.05) is 19.7 Å². The number of carbonyl (C=O) groups is 1. The lowest BCUT2D eigenvalue weighted by molar-refractivity contribution is -0.160. The van der Waals surface area contributed by atoms with E-state index in [0.717, 1.165) is 0 Å². The van der Waals surface area contributed by atoms with E-state index in [2.05, 4.69) is 0 Å². The summed E-state index contributed by atoms with van der Waals surface area (Å²) in [4.78, 5) is 13.1. The first-order valence-corrected chi connectivity index (χ1v) is 6.40. The van der Waals surface area contributed by atoms with Gasteiger partial charge in [-0.15, -0.1) is 0 Å². The van der Waals surface area contributed by atoms with Crippen molar-refractivity contribution in [3.05, 3.63) is 35.9 Å². The minimum Gasteiger partial charge on any atom is -0.395 e. The summed E-state index contributed by atoms with van der Waals surface area (Å²) in [5.74, 6) is -2.42. The molecule has 0 aliphatic carbocycles. The predicted octanol–water partition coefficient (Wildman–Crippen LogP) is 2.56. The van der Waals surface area contributed by atoms with Gasteiger partial charge in [0.15, 0.2) is 0 Å². The van der Waals surface area contributed by atoms with Gasteiger partial charge < -0.3 is 10.0 Å². The molecule has 1 amide bonds. The average molecular weight is 289 g/mol. The van der Waals surface area contributed by atoms with E-state index in [-0.39, 0.29) is 25.3 Å². The van der Waals surface area contributed by atoms with Crippen molar-refractivity contribution in [3.8, 4) is 0 Å². The molecule has 0 spiro atoms. The molecule has 0 aromatic heterocycles. The fraction of sp³-hybridized carbons (Fsp3) is 0.500. The first-order valence-electron chi connectivity index (χ1n) is 6.40. The van der Waals surface area contributed by atoms with Crippen LogP contribution in [0.1, 0.15) is 24.8 Å². The van der Waals surface area contributed by atoms with Crippen LogP contribution in [0.15, 0.2) is 30.3 Å². The summed E-state index contributed by atoms with van der Waals surface area (Å²) in [6.07, 6.45) is -5.11. The summed E-state index contributed by atoms with van der Waals surface area (Å²) in [5, 5.41) is 8.81.